The summed E-state index contributed by atoms with van der Waals surface area (Å²) in [5, 5.41) is 7.87. The molecule has 2 N–H and O–H groups in total. The van der Waals surface area contributed by atoms with Gasteiger partial charge in [-0.1, -0.05) is 41.6 Å². The molecular weight excluding hydrogens is 292 g/mol. The Kier molecular flexibility index (Phi) is 5.09. The fraction of sp³-hybridized carbons (Fsp3) is 0.286. The standard InChI is InChI=1S/C14H17ClN4S/c1-9(10-6-4-5-7-11(10)15)17-13-8-12(16-2)18-14(19-13)20-3/h4-9H,1-3H3,(H2,16,17,18,19). The fourth-order valence-corrected chi connectivity index (χ4v) is 2.52. The van der Waals surface area contributed by atoms with E-state index in [0.717, 1.165) is 27.4 Å². The van der Waals surface area contributed by atoms with Crippen molar-refractivity contribution in [3.05, 3.63) is 40.9 Å². The number of nitrogens with zero attached hydrogens (tertiary/aromatic N) is 2. The van der Waals surface area contributed by atoms with E-state index in [2.05, 4.69) is 27.5 Å². The molecule has 1 unspecified atom stereocenters. The van der Waals surface area contributed by atoms with Crippen molar-refractivity contribution in [3.8, 4) is 0 Å². The summed E-state index contributed by atoms with van der Waals surface area (Å²) in [4.78, 5) is 8.80. The van der Waals surface area contributed by atoms with E-state index in [0.29, 0.717) is 0 Å². The summed E-state index contributed by atoms with van der Waals surface area (Å²) in [5.41, 5.74) is 1.05. The zero-order valence-corrected chi connectivity index (χ0v) is 13.2. The van der Waals surface area contributed by atoms with Crippen LogP contribution in [0.25, 0.3) is 0 Å². The summed E-state index contributed by atoms with van der Waals surface area (Å²) in [6, 6.07) is 9.75. The molecule has 1 aromatic carbocycles. The molecule has 0 saturated carbocycles. The molecule has 20 heavy (non-hydrogen) atoms. The van der Waals surface area contributed by atoms with E-state index in [-0.39, 0.29) is 6.04 Å². The third-order valence-electron chi connectivity index (χ3n) is 2.88. The average Bonchev–Trinajstić information content (AvgIpc) is 2.47. The van der Waals surface area contributed by atoms with Crippen LogP contribution < -0.4 is 10.6 Å². The van der Waals surface area contributed by atoms with Crippen molar-refractivity contribution < 1.29 is 0 Å². The molecule has 0 aliphatic heterocycles. The van der Waals surface area contributed by atoms with Gasteiger partial charge < -0.3 is 10.6 Å². The van der Waals surface area contributed by atoms with Crippen molar-refractivity contribution in [2.24, 2.45) is 0 Å². The number of hydrogen-bond donors (Lipinski definition) is 2. The fourth-order valence-electron chi connectivity index (χ4n) is 1.84. The van der Waals surface area contributed by atoms with Crippen LogP contribution in [0.5, 0.6) is 0 Å². The summed E-state index contributed by atoms with van der Waals surface area (Å²) >= 11 is 7.72. The molecule has 0 aliphatic carbocycles. The van der Waals surface area contributed by atoms with Crippen LogP contribution in [0.3, 0.4) is 0 Å². The second-order valence-electron chi connectivity index (χ2n) is 4.26. The van der Waals surface area contributed by atoms with Crippen LogP contribution in [0, 0.1) is 0 Å². The lowest BCUT2D eigenvalue weighted by Gasteiger charge is -2.17. The molecular formula is C14H17ClN4S. The predicted molar refractivity (Wildman–Crippen MR) is 86.8 cm³/mol. The summed E-state index contributed by atoms with van der Waals surface area (Å²) in [6.45, 7) is 2.06. The SMILES string of the molecule is CNc1cc(NC(C)c2ccccc2Cl)nc(SC)n1. The van der Waals surface area contributed by atoms with Gasteiger partial charge in [0.25, 0.3) is 0 Å². The Morgan fingerprint density at radius 3 is 2.55 bits per heavy atom. The van der Waals surface area contributed by atoms with Gasteiger partial charge in [0.05, 0.1) is 6.04 Å². The number of benzene rings is 1. The van der Waals surface area contributed by atoms with E-state index in [1.165, 1.54) is 11.8 Å². The van der Waals surface area contributed by atoms with Crippen molar-refractivity contribution >= 4 is 35.0 Å². The molecule has 0 spiro atoms. The van der Waals surface area contributed by atoms with E-state index >= 15 is 0 Å². The van der Waals surface area contributed by atoms with Crippen LogP contribution in [-0.4, -0.2) is 23.3 Å². The Hall–Kier alpha value is -1.46. The topological polar surface area (TPSA) is 49.8 Å². The Morgan fingerprint density at radius 2 is 1.90 bits per heavy atom. The highest BCUT2D eigenvalue weighted by atomic mass is 35.5. The number of nitrogens with one attached hydrogen (secondary N) is 2. The van der Waals surface area contributed by atoms with E-state index in [1.807, 2.05) is 43.6 Å². The first-order valence-electron chi connectivity index (χ1n) is 6.26. The highest BCUT2D eigenvalue weighted by Crippen LogP contribution is 2.26. The van der Waals surface area contributed by atoms with Crippen LogP contribution in [0.2, 0.25) is 5.02 Å². The van der Waals surface area contributed by atoms with Gasteiger partial charge in [-0.25, -0.2) is 9.97 Å². The minimum absolute atomic E-state index is 0.0676. The van der Waals surface area contributed by atoms with Gasteiger partial charge in [-0.15, -0.1) is 0 Å². The maximum Gasteiger partial charge on any atom is 0.191 e. The Bertz CT molecular complexity index is 569. The first-order valence-corrected chi connectivity index (χ1v) is 7.86. The van der Waals surface area contributed by atoms with Crippen LogP contribution in [0.15, 0.2) is 35.5 Å². The van der Waals surface area contributed by atoms with Gasteiger partial charge in [0.1, 0.15) is 11.6 Å². The Labute approximate surface area is 128 Å². The second kappa shape index (κ2) is 6.81. The number of rotatable bonds is 5. The van der Waals surface area contributed by atoms with E-state index < -0.39 is 0 Å². The number of anilines is 2. The molecule has 0 amide bonds. The molecule has 0 radical (unpaired) electrons. The monoisotopic (exact) mass is 308 g/mol. The Balaban J connectivity index is 2.23. The van der Waals surface area contributed by atoms with Crippen molar-refractivity contribution in [3.63, 3.8) is 0 Å². The molecule has 1 atom stereocenters. The number of thioether (sulfide) groups is 1. The molecule has 0 aliphatic rings. The van der Waals surface area contributed by atoms with E-state index in [1.54, 1.807) is 0 Å². The third-order valence-corrected chi connectivity index (χ3v) is 3.77. The number of aromatic nitrogens is 2. The lowest BCUT2D eigenvalue weighted by molar-refractivity contribution is 0.857. The van der Waals surface area contributed by atoms with Crippen molar-refractivity contribution in [2.75, 3.05) is 23.9 Å². The van der Waals surface area contributed by atoms with Gasteiger partial charge in [0.2, 0.25) is 0 Å². The molecule has 6 heteroatoms. The maximum absolute atomic E-state index is 6.21. The van der Waals surface area contributed by atoms with Crippen molar-refractivity contribution in [1.82, 2.24) is 9.97 Å². The van der Waals surface area contributed by atoms with E-state index in [4.69, 9.17) is 11.6 Å². The average molecular weight is 309 g/mol. The number of hydrogen-bond acceptors (Lipinski definition) is 5. The maximum atomic E-state index is 6.21. The molecule has 106 valence electrons. The summed E-state index contributed by atoms with van der Waals surface area (Å²) in [7, 11) is 1.84. The van der Waals surface area contributed by atoms with Crippen molar-refractivity contribution in [1.29, 1.82) is 0 Å². The van der Waals surface area contributed by atoms with Gasteiger partial charge in [0, 0.05) is 18.1 Å². The minimum atomic E-state index is 0.0676. The number of halogens is 1. The zero-order valence-electron chi connectivity index (χ0n) is 11.6. The van der Waals surface area contributed by atoms with Crippen LogP contribution in [0.1, 0.15) is 18.5 Å². The smallest absolute Gasteiger partial charge is 0.191 e. The summed E-state index contributed by atoms with van der Waals surface area (Å²) in [6.07, 6.45) is 1.95. The highest BCUT2D eigenvalue weighted by Gasteiger charge is 2.11. The zero-order chi connectivity index (χ0) is 14.5. The quantitative estimate of drug-likeness (QED) is 0.644. The largest absolute Gasteiger partial charge is 0.373 e. The Morgan fingerprint density at radius 1 is 1.20 bits per heavy atom. The summed E-state index contributed by atoms with van der Waals surface area (Å²) < 4.78 is 0. The third kappa shape index (κ3) is 3.55. The van der Waals surface area contributed by atoms with Gasteiger partial charge in [-0.2, -0.15) is 0 Å². The molecule has 1 heterocycles. The van der Waals surface area contributed by atoms with Gasteiger partial charge in [-0.05, 0) is 24.8 Å². The van der Waals surface area contributed by atoms with Gasteiger partial charge >= 0.3 is 0 Å². The molecule has 2 rings (SSSR count). The normalized spacial score (nSPS) is 12.0. The van der Waals surface area contributed by atoms with Gasteiger partial charge in [-0.3, -0.25) is 0 Å². The molecule has 0 fully saturated rings. The molecule has 0 saturated heterocycles. The lowest BCUT2D eigenvalue weighted by Crippen LogP contribution is -2.10. The van der Waals surface area contributed by atoms with Crippen LogP contribution >= 0.6 is 23.4 Å². The molecule has 1 aromatic heterocycles. The first-order chi connectivity index (χ1) is 9.63. The molecule has 0 bridgehead atoms. The van der Waals surface area contributed by atoms with Gasteiger partial charge in [0.15, 0.2) is 5.16 Å². The van der Waals surface area contributed by atoms with E-state index in [9.17, 15) is 0 Å². The molecule has 2 aromatic rings. The lowest BCUT2D eigenvalue weighted by atomic mass is 10.1. The van der Waals surface area contributed by atoms with Crippen LogP contribution in [0.4, 0.5) is 11.6 Å². The van der Waals surface area contributed by atoms with Crippen molar-refractivity contribution in [2.45, 2.75) is 18.1 Å². The highest BCUT2D eigenvalue weighted by molar-refractivity contribution is 7.98. The first kappa shape index (κ1) is 14.9. The molecule has 4 nitrogen and oxygen atoms in total. The summed E-state index contributed by atoms with van der Waals surface area (Å²) in [5.74, 6) is 1.57. The van der Waals surface area contributed by atoms with Crippen LogP contribution in [-0.2, 0) is 0 Å². The predicted octanol–water partition coefficient (Wildman–Crippen LogP) is 4.07. The second-order valence-corrected chi connectivity index (χ2v) is 5.44. The minimum Gasteiger partial charge on any atom is -0.373 e.